The highest BCUT2D eigenvalue weighted by atomic mass is 32.2. The molecular formula is C18H17N3OS. The van der Waals surface area contributed by atoms with Crippen molar-refractivity contribution >= 4 is 23.4 Å². The topological polar surface area (TPSA) is 57.8 Å². The molecule has 0 saturated carbocycles. The van der Waals surface area contributed by atoms with E-state index >= 15 is 0 Å². The van der Waals surface area contributed by atoms with Crippen LogP contribution in [0.2, 0.25) is 0 Å². The first-order valence-electron chi connectivity index (χ1n) is 7.35. The summed E-state index contributed by atoms with van der Waals surface area (Å²) in [6.07, 6.45) is 1.71. The number of carbonyl (C=O) groups excluding carboxylic acids is 1. The van der Waals surface area contributed by atoms with E-state index in [1.807, 2.05) is 67.6 Å². The molecule has 0 saturated heterocycles. The standard InChI is InChI=1S/C18H17N3OS/c1-13(23-16-8-3-2-4-9-16)18(22)20-15-7-5-6-14(12-15)17-10-11-19-21-17/h2-13H,1H3,(H,19,21)(H,20,22). The number of anilines is 1. The van der Waals surface area contributed by atoms with E-state index in [0.29, 0.717) is 0 Å². The third-order valence-electron chi connectivity index (χ3n) is 3.37. The number of carbonyl (C=O) groups is 1. The highest BCUT2D eigenvalue weighted by Crippen LogP contribution is 2.25. The van der Waals surface area contributed by atoms with Crippen LogP contribution in [-0.2, 0) is 4.79 Å². The number of hydrogen-bond acceptors (Lipinski definition) is 3. The molecule has 1 atom stereocenters. The normalized spacial score (nSPS) is 11.9. The van der Waals surface area contributed by atoms with Gasteiger partial charge in [-0.2, -0.15) is 5.10 Å². The zero-order chi connectivity index (χ0) is 16.1. The zero-order valence-corrected chi connectivity index (χ0v) is 13.5. The number of aromatic nitrogens is 2. The van der Waals surface area contributed by atoms with E-state index in [9.17, 15) is 4.79 Å². The van der Waals surface area contributed by atoms with Gasteiger partial charge in [0.2, 0.25) is 5.91 Å². The summed E-state index contributed by atoms with van der Waals surface area (Å²) in [6.45, 7) is 1.91. The molecule has 4 nitrogen and oxygen atoms in total. The highest BCUT2D eigenvalue weighted by Gasteiger charge is 2.14. The quantitative estimate of drug-likeness (QED) is 0.692. The number of nitrogens with one attached hydrogen (secondary N) is 2. The summed E-state index contributed by atoms with van der Waals surface area (Å²) >= 11 is 1.54. The van der Waals surface area contributed by atoms with Gasteiger partial charge in [0.05, 0.1) is 10.9 Å². The van der Waals surface area contributed by atoms with Gasteiger partial charge < -0.3 is 5.32 Å². The Labute approximate surface area is 139 Å². The van der Waals surface area contributed by atoms with Crippen LogP contribution < -0.4 is 5.32 Å². The van der Waals surface area contributed by atoms with Crippen LogP contribution >= 0.6 is 11.8 Å². The minimum atomic E-state index is -0.173. The first kappa shape index (κ1) is 15.4. The van der Waals surface area contributed by atoms with Crippen molar-refractivity contribution in [3.63, 3.8) is 0 Å². The van der Waals surface area contributed by atoms with Gasteiger partial charge in [-0.25, -0.2) is 0 Å². The Morgan fingerprint density at radius 3 is 2.70 bits per heavy atom. The lowest BCUT2D eigenvalue weighted by Gasteiger charge is -2.12. The van der Waals surface area contributed by atoms with Crippen molar-refractivity contribution in [3.05, 3.63) is 66.9 Å². The Balaban J connectivity index is 1.67. The fourth-order valence-electron chi connectivity index (χ4n) is 2.18. The first-order valence-corrected chi connectivity index (χ1v) is 8.23. The molecular weight excluding hydrogens is 306 g/mol. The second-order valence-electron chi connectivity index (χ2n) is 5.11. The molecule has 0 aliphatic carbocycles. The van der Waals surface area contributed by atoms with Gasteiger partial charge >= 0.3 is 0 Å². The van der Waals surface area contributed by atoms with Gasteiger partial charge in [0.15, 0.2) is 0 Å². The summed E-state index contributed by atoms with van der Waals surface area (Å²) in [7, 11) is 0. The molecule has 0 fully saturated rings. The van der Waals surface area contributed by atoms with Gasteiger partial charge in [-0.1, -0.05) is 30.3 Å². The van der Waals surface area contributed by atoms with E-state index in [4.69, 9.17) is 0 Å². The molecule has 1 amide bonds. The van der Waals surface area contributed by atoms with Crippen LogP contribution in [0.5, 0.6) is 0 Å². The number of H-pyrrole nitrogens is 1. The lowest BCUT2D eigenvalue weighted by atomic mass is 10.1. The molecule has 3 aromatic rings. The maximum Gasteiger partial charge on any atom is 0.237 e. The average molecular weight is 323 g/mol. The van der Waals surface area contributed by atoms with Gasteiger partial charge in [-0.15, -0.1) is 11.8 Å². The van der Waals surface area contributed by atoms with Crippen LogP contribution in [0.25, 0.3) is 11.3 Å². The van der Waals surface area contributed by atoms with Crippen LogP contribution in [0, 0.1) is 0 Å². The maximum atomic E-state index is 12.4. The van der Waals surface area contributed by atoms with Crippen molar-refractivity contribution < 1.29 is 4.79 Å². The Morgan fingerprint density at radius 2 is 1.96 bits per heavy atom. The largest absolute Gasteiger partial charge is 0.325 e. The molecule has 0 spiro atoms. The third kappa shape index (κ3) is 4.02. The zero-order valence-electron chi connectivity index (χ0n) is 12.7. The fourth-order valence-corrected chi connectivity index (χ4v) is 3.07. The number of rotatable bonds is 5. The van der Waals surface area contributed by atoms with E-state index in [-0.39, 0.29) is 11.2 Å². The summed E-state index contributed by atoms with van der Waals surface area (Å²) in [4.78, 5) is 13.4. The second kappa shape index (κ2) is 7.15. The summed E-state index contributed by atoms with van der Waals surface area (Å²) in [5, 5.41) is 9.67. The molecule has 3 rings (SSSR count). The molecule has 1 heterocycles. The fraction of sp³-hybridized carbons (Fsp3) is 0.111. The molecule has 1 aromatic heterocycles. The smallest absolute Gasteiger partial charge is 0.237 e. The van der Waals surface area contributed by atoms with Crippen molar-refractivity contribution in [1.29, 1.82) is 0 Å². The van der Waals surface area contributed by atoms with Crippen molar-refractivity contribution in [1.82, 2.24) is 10.2 Å². The third-order valence-corrected chi connectivity index (χ3v) is 4.48. The maximum absolute atomic E-state index is 12.4. The molecule has 2 aromatic carbocycles. The Morgan fingerprint density at radius 1 is 1.13 bits per heavy atom. The van der Waals surface area contributed by atoms with Gasteiger partial charge in [-0.3, -0.25) is 9.89 Å². The second-order valence-corrected chi connectivity index (χ2v) is 6.53. The molecule has 0 bridgehead atoms. The molecule has 0 aliphatic heterocycles. The van der Waals surface area contributed by atoms with Crippen LogP contribution in [0.4, 0.5) is 5.69 Å². The predicted molar refractivity (Wildman–Crippen MR) is 94.4 cm³/mol. The monoisotopic (exact) mass is 323 g/mol. The number of benzene rings is 2. The highest BCUT2D eigenvalue weighted by molar-refractivity contribution is 8.00. The SMILES string of the molecule is CC(Sc1ccccc1)C(=O)Nc1cccc(-c2ccn[nH]2)c1. The van der Waals surface area contributed by atoms with Crippen LogP contribution in [0.15, 0.2) is 71.8 Å². The molecule has 5 heteroatoms. The van der Waals surface area contributed by atoms with Crippen LogP contribution in [0.1, 0.15) is 6.92 Å². The van der Waals surface area contributed by atoms with Crippen molar-refractivity contribution in [2.75, 3.05) is 5.32 Å². The van der Waals surface area contributed by atoms with E-state index in [2.05, 4.69) is 15.5 Å². The molecule has 0 aliphatic rings. The van der Waals surface area contributed by atoms with Crippen LogP contribution in [0.3, 0.4) is 0 Å². The lowest BCUT2D eigenvalue weighted by Crippen LogP contribution is -2.22. The number of hydrogen-bond donors (Lipinski definition) is 2. The van der Waals surface area contributed by atoms with Crippen molar-refractivity contribution in [2.45, 2.75) is 17.1 Å². The van der Waals surface area contributed by atoms with Gasteiger partial charge in [0.25, 0.3) is 0 Å². The van der Waals surface area contributed by atoms with Gasteiger partial charge in [0, 0.05) is 22.3 Å². The number of nitrogens with zero attached hydrogens (tertiary/aromatic N) is 1. The van der Waals surface area contributed by atoms with E-state index < -0.39 is 0 Å². The molecule has 116 valence electrons. The Hall–Kier alpha value is -2.53. The van der Waals surface area contributed by atoms with E-state index in [1.54, 1.807) is 18.0 Å². The average Bonchev–Trinajstić information content (AvgIpc) is 3.10. The Kier molecular flexibility index (Phi) is 4.78. The minimum Gasteiger partial charge on any atom is -0.325 e. The summed E-state index contributed by atoms with van der Waals surface area (Å²) in [5.74, 6) is -0.0133. The number of amides is 1. The van der Waals surface area contributed by atoms with Gasteiger partial charge in [-0.05, 0) is 37.3 Å². The van der Waals surface area contributed by atoms with Crippen LogP contribution in [-0.4, -0.2) is 21.4 Å². The summed E-state index contributed by atoms with van der Waals surface area (Å²) in [6, 6.07) is 19.5. The van der Waals surface area contributed by atoms with Crippen molar-refractivity contribution in [2.24, 2.45) is 0 Å². The lowest BCUT2D eigenvalue weighted by molar-refractivity contribution is -0.115. The van der Waals surface area contributed by atoms with Crippen molar-refractivity contribution in [3.8, 4) is 11.3 Å². The predicted octanol–water partition coefficient (Wildman–Crippen LogP) is 4.20. The molecule has 1 unspecified atom stereocenters. The Bertz CT molecular complexity index is 772. The number of thioether (sulfide) groups is 1. The minimum absolute atomic E-state index is 0.0133. The van der Waals surface area contributed by atoms with E-state index in [1.165, 1.54) is 0 Å². The summed E-state index contributed by atoms with van der Waals surface area (Å²) < 4.78 is 0. The van der Waals surface area contributed by atoms with E-state index in [0.717, 1.165) is 21.8 Å². The molecule has 2 N–H and O–H groups in total. The first-order chi connectivity index (χ1) is 11.2. The number of aromatic amines is 1. The van der Waals surface area contributed by atoms with Gasteiger partial charge in [0.1, 0.15) is 0 Å². The molecule has 23 heavy (non-hydrogen) atoms. The molecule has 0 radical (unpaired) electrons. The summed E-state index contributed by atoms with van der Waals surface area (Å²) in [5.41, 5.74) is 2.69.